The van der Waals surface area contributed by atoms with Crippen LogP contribution < -0.4 is 11.1 Å². The van der Waals surface area contributed by atoms with Crippen molar-refractivity contribution in [3.8, 4) is 0 Å². The van der Waals surface area contributed by atoms with Gasteiger partial charge in [0.15, 0.2) is 0 Å². The van der Waals surface area contributed by atoms with Crippen LogP contribution in [-0.4, -0.2) is 36.3 Å². The van der Waals surface area contributed by atoms with Crippen LogP contribution in [0.1, 0.15) is 24.0 Å². The molecule has 1 aliphatic heterocycles. The molecule has 1 atom stereocenters. The quantitative estimate of drug-likeness (QED) is 0.861. The number of hydrogen-bond acceptors (Lipinski definition) is 3. The summed E-state index contributed by atoms with van der Waals surface area (Å²) in [4.78, 5) is 25.2. The fourth-order valence-electron chi connectivity index (χ4n) is 2.80. The zero-order chi connectivity index (χ0) is 16.1. The summed E-state index contributed by atoms with van der Waals surface area (Å²) < 4.78 is 0. The van der Waals surface area contributed by atoms with Gasteiger partial charge in [0.05, 0.1) is 12.5 Å². The lowest BCUT2D eigenvalue weighted by atomic mass is 9.97. The lowest BCUT2D eigenvalue weighted by Gasteiger charge is -2.31. The minimum Gasteiger partial charge on any atom is -0.369 e. The number of nitrogens with two attached hydrogens (primary N) is 1. The Hall–Kier alpha value is -1.59. The van der Waals surface area contributed by atoms with Crippen molar-refractivity contribution in [2.45, 2.75) is 26.3 Å². The van der Waals surface area contributed by atoms with E-state index in [1.807, 2.05) is 30.0 Å². The van der Waals surface area contributed by atoms with E-state index in [1.165, 1.54) is 0 Å². The summed E-state index contributed by atoms with van der Waals surface area (Å²) in [6.45, 7) is 4.04. The van der Waals surface area contributed by atoms with E-state index >= 15 is 0 Å². The van der Waals surface area contributed by atoms with Gasteiger partial charge in [0.2, 0.25) is 11.8 Å². The molecule has 1 heterocycles. The van der Waals surface area contributed by atoms with E-state index in [0.29, 0.717) is 18.1 Å². The van der Waals surface area contributed by atoms with Crippen LogP contribution in [0.2, 0.25) is 5.02 Å². The molecule has 22 heavy (non-hydrogen) atoms. The maximum absolute atomic E-state index is 12.3. The first kappa shape index (κ1) is 16.8. The molecule has 1 aromatic carbocycles. The second-order valence-electron chi connectivity index (χ2n) is 5.78. The summed E-state index contributed by atoms with van der Waals surface area (Å²) in [5, 5.41) is 3.68. The number of benzene rings is 1. The molecular weight excluding hydrogens is 302 g/mol. The second-order valence-corrected chi connectivity index (χ2v) is 6.19. The smallest absolute Gasteiger partial charge is 0.231 e. The monoisotopic (exact) mass is 323 g/mol. The van der Waals surface area contributed by atoms with Crippen molar-refractivity contribution in [3.63, 3.8) is 0 Å². The Bertz CT molecular complexity index is 562. The first-order valence-corrected chi connectivity index (χ1v) is 7.87. The van der Waals surface area contributed by atoms with Gasteiger partial charge in [0.1, 0.15) is 0 Å². The molecule has 6 heteroatoms. The Morgan fingerprint density at radius 3 is 2.95 bits per heavy atom. The van der Waals surface area contributed by atoms with Crippen molar-refractivity contribution < 1.29 is 9.59 Å². The van der Waals surface area contributed by atoms with Gasteiger partial charge >= 0.3 is 0 Å². The molecule has 0 aliphatic carbocycles. The van der Waals surface area contributed by atoms with Gasteiger partial charge in [0, 0.05) is 18.1 Å². The Morgan fingerprint density at radius 1 is 1.45 bits per heavy atom. The summed E-state index contributed by atoms with van der Waals surface area (Å²) in [6.07, 6.45) is 1.75. The van der Waals surface area contributed by atoms with Crippen LogP contribution in [0.5, 0.6) is 0 Å². The highest BCUT2D eigenvalue weighted by molar-refractivity contribution is 6.31. The Kier molecular flexibility index (Phi) is 5.80. The van der Waals surface area contributed by atoms with Crippen LogP contribution in [0.25, 0.3) is 0 Å². The number of carbonyl (C=O) groups is 2. The summed E-state index contributed by atoms with van der Waals surface area (Å²) in [6, 6.07) is 5.68. The summed E-state index contributed by atoms with van der Waals surface area (Å²) in [7, 11) is 0. The Labute approximate surface area is 135 Å². The molecule has 5 nitrogen and oxygen atoms in total. The fraction of sp³-hybridized carbons (Fsp3) is 0.500. The number of primary amides is 1. The van der Waals surface area contributed by atoms with Crippen LogP contribution in [0.15, 0.2) is 18.2 Å². The van der Waals surface area contributed by atoms with Crippen LogP contribution in [-0.2, 0) is 16.1 Å². The normalized spacial score (nSPS) is 18.9. The summed E-state index contributed by atoms with van der Waals surface area (Å²) in [5.74, 6) is -0.420. The number of hydrogen-bond donors (Lipinski definition) is 2. The van der Waals surface area contributed by atoms with Crippen LogP contribution in [0, 0.1) is 12.8 Å². The third kappa shape index (κ3) is 4.45. The van der Waals surface area contributed by atoms with Gasteiger partial charge < -0.3 is 11.1 Å². The summed E-state index contributed by atoms with van der Waals surface area (Å²) in [5.41, 5.74) is 7.23. The molecule has 120 valence electrons. The number of carbonyl (C=O) groups excluding carboxylic acids is 2. The highest BCUT2D eigenvalue weighted by Gasteiger charge is 2.26. The van der Waals surface area contributed by atoms with Gasteiger partial charge in [0.25, 0.3) is 0 Å². The van der Waals surface area contributed by atoms with Crippen molar-refractivity contribution in [1.29, 1.82) is 0 Å². The molecule has 2 rings (SSSR count). The van der Waals surface area contributed by atoms with E-state index in [1.54, 1.807) is 0 Å². The van der Waals surface area contributed by atoms with E-state index in [2.05, 4.69) is 5.32 Å². The average molecular weight is 324 g/mol. The van der Waals surface area contributed by atoms with E-state index in [9.17, 15) is 9.59 Å². The molecule has 1 aliphatic rings. The molecule has 3 N–H and O–H groups in total. The number of nitrogens with one attached hydrogen (secondary N) is 1. The molecule has 1 fully saturated rings. The first-order valence-electron chi connectivity index (χ1n) is 7.49. The fourth-order valence-corrected chi connectivity index (χ4v) is 3.00. The zero-order valence-electron chi connectivity index (χ0n) is 12.8. The molecule has 0 aromatic heterocycles. The third-order valence-electron chi connectivity index (χ3n) is 4.09. The SMILES string of the molecule is Cc1c(Cl)cccc1CNC(=O)C1CCCN(CC(N)=O)C1. The number of likely N-dealkylation sites (tertiary alicyclic amines) is 1. The van der Waals surface area contributed by atoms with Gasteiger partial charge in [-0.05, 0) is 43.5 Å². The van der Waals surface area contributed by atoms with Crippen molar-refractivity contribution in [1.82, 2.24) is 10.2 Å². The van der Waals surface area contributed by atoms with Gasteiger partial charge in [-0.3, -0.25) is 14.5 Å². The maximum Gasteiger partial charge on any atom is 0.231 e. The van der Waals surface area contributed by atoms with Crippen LogP contribution in [0.4, 0.5) is 0 Å². The van der Waals surface area contributed by atoms with E-state index in [4.69, 9.17) is 17.3 Å². The Morgan fingerprint density at radius 2 is 2.23 bits per heavy atom. The van der Waals surface area contributed by atoms with Crippen LogP contribution >= 0.6 is 11.6 Å². The Balaban J connectivity index is 1.89. The highest BCUT2D eigenvalue weighted by Crippen LogP contribution is 2.19. The van der Waals surface area contributed by atoms with Crippen LogP contribution in [0.3, 0.4) is 0 Å². The molecular formula is C16H22ClN3O2. The number of piperidine rings is 1. The predicted octanol–water partition coefficient (Wildman–Crippen LogP) is 1.46. The number of nitrogens with zero attached hydrogens (tertiary/aromatic N) is 1. The topological polar surface area (TPSA) is 75.4 Å². The minimum absolute atomic E-state index is 0.0218. The largest absolute Gasteiger partial charge is 0.369 e. The average Bonchev–Trinajstić information content (AvgIpc) is 2.48. The molecule has 2 amide bonds. The lowest BCUT2D eigenvalue weighted by molar-refractivity contribution is -0.128. The van der Waals surface area contributed by atoms with Crippen molar-refractivity contribution in [2.24, 2.45) is 11.7 Å². The summed E-state index contributed by atoms with van der Waals surface area (Å²) >= 11 is 6.08. The first-order chi connectivity index (χ1) is 10.5. The number of halogens is 1. The molecule has 1 aromatic rings. The van der Waals surface area contributed by atoms with E-state index < -0.39 is 0 Å². The standard InChI is InChI=1S/C16H22ClN3O2/c1-11-12(4-2-6-14(11)17)8-19-16(22)13-5-3-7-20(9-13)10-15(18)21/h2,4,6,13H,3,5,7-10H2,1H3,(H2,18,21)(H,19,22). The van der Waals surface area contributed by atoms with Gasteiger partial charge in [-0.25, -0.2) is 0 Å². The lowest BCUT2D eigenvalue weighted by Crippen LogP contribution is -2.45. The molecule has 1 unspecified atom stereocenters. The second kappa shape index (κ2) is 7.61. The molecule has 0 bridgehead atoms. The molecule has 0 spiro atoms. The van der Waals surface area contributed by atoms with Gasteiger partial charge in [-0.2, -0.15) is 0 Å². The zero-order valence-corrected chi connectivity index (χ0v) is 13.5. The van der Waals surface area contributed by atoms with Gasteiger partial charge in [-0.15, -0.1) is 0 Å². The highest BCUT2D eigenvalue weighted by atomic mass is 35.5. The van der Waals surface area contributed by atoms with Crippen molar-refractivity contribution in [2.75, 3.05) is 19.6 Å². The minimum atomic E-state index is -0.351. The number of rotatable bonds is 5. The van der Waals surface area contributed by atoms with E-state index in [-0.39, 0.29) is 24.3 Å². The third-order valence-corrected chi connectivity index (χ3v) is 4.50. The molecule has 1 saturated heterocycles. The van der Waals surface area contributed by atoms with Crippen molar-refractivity contribution >= 4 is 23.4 Å². The van der Waals surface area contributed by atoms with E-state index in [0.717, 1.165) is 30.5 Å². The maximum atomic E-state index is 12.3. The van der Waals surface area contributed by atoms with Crippen molar-refractivity contribution in [3.05, 3.63) is 34.3 Å². The number of amides is 2. The predicted molar refractivity (Wildman–Crippen MR) is 86.4 cm³/mol. The molecule has 0 saturated carbocycles. The van der Waals surface area contributed by atoms with Gasteiger partial charge in [-0.1, -0.05) is 23.7 Å². The molecule has 0 radical (unpaired) electrons.